The summed E-state index contributed by atoms with van der Waals surface area (Å²) in [4.78, 5) is 4.15. The third-order valence-corrected chi connectivity index (χ3v) is 4.96. The summed E-state index contributed by atoms with van der Waals surface area (Å²) in [6, 6.07) is 6.54. The van der Waals surface area contributed by atoms with Crippen molar-refractivity contribution in [2.24, 2.45) is 0 Å². The van der Waals surface area contributed by atoms with E-state index in [2.05, 4.69) is 54.3 Å². The highest BCUT2D eigenvalue weighted by Crippen LogP contribution is 2.36. The van der Waals surface area contributed by atoms with E-state index in [1.165, 1.54) is 14.9 Å². The highest BCUT2D eigenvalue weighted by atomic mass is 79.9. The van der Waals surface area contributed by atoms with E-state index in [0.717, 1.165) is 10.2 Å². The van der Waals surface area contributed by atoms with E-state index in [4.69, 9.17) is 0 Å². The fraction of sp³-hybridized carbons (Fsp3) is 0.250. The molecule has 1 unspecified atom stereocenters. The highest BCUT2D eigenvalue weighted by molar-refractivity contribution is 9.12. The SMILES string of the molecule is CNC(Cc1cccnc1)c1cc(Br)sc1Br. The van der Waals surface area contributed by atoms with Crippen LogP contribution in [0.25, 0.3) is 0 Å². The van der Waals surface area contributed by atoms with Crippen LogP contribution in [0.1, 0.15) is 17.2 Å². The maximum Gasteiger partial charge on any atom is 0.0758 e. The number of rotatable bonds is 4. The zero-order valence-electron chi connectivity index (χ0n) is 9.28. The fourth-order valence-corrected chi connectivity index (χ4v) is 4.69. The third-order valence-electron chi connectivity index (χ3n) is 2.57. The molecule has 17 heavy (non-hydrogen) atoms. The van der Waals surface area contributed by atoms with Crippen molar-refractivity contribution in [1.82, 2.24) is 10.3 Å². The molecule has 2 aromatic heterocycles. The molecule has 2 rings (SSSR count). The van der Waals surface area contributed by atoms with E-state index in [0.29, 0.717) is 6.04 Å². The van der Waals surface area contributed by atoms with Crippen LogP contribution in [-0.2, 0) is 6.42 Å². The minimum Gasteiger partial charge on any atom is -0.313 e. The van der Waals surface area contributed by atoms with Crippen LogP contribution in [0.5, 0.6) is 0 Å². The molecule has 0 saturated carbocycles. The van der Waals surface area contributed by atoms with Crippen LogP contribution in [0, 0.1) is 0 Å². The minimum absolute atomic E-state index is 0.302. The lowest BCUT2D eigenvalue weighted by molar-refractivity contribution is 0.591. The quantitative estimate of drug-likeness (QED) is 0.867. The molecule has 0 aliphatic heterocycles. The number of nitrogens with zero attached hydrogens (tertiary/aromatic N) is 1. The van der Waals surface area contributed by atoms with Gasteiger partial charge >= 0.3 is 0 Å². The number of halogens is 2. The first-order valence-electron chi connectivity index (χ1n) is 5.21. The Balaban J connectivity index is 2.20. The first-order valence-corrected chi connectivity index (χ1v) is 7.62. The molecule has 2 heterocycles. The molecule has 2 aromatic rings. The monoisotopic (exact) mass is 374 g/mol. The van der Waals surface area contributed by atoms with Gasteiger partial charge < -0.3 is 5.32 Å². The molecule has 90 valence electrons. The maximum absolute atomic E-state index is 4.15. The second-order valence-electron chi connectivity index (χ2n) is 3.69. The van der Waals surface area contributed by atoms with Crippen molar-refractivity contribution in [3.63, 3.8) is 0 Å². The summed E-state index contributed by atoms with van der Waals surface area (Å²) in [7, 11) is 1.99. The van der Waals surface area contributed by atoms with E-state index in [1.54, 1.807) is 17.5 Å². The molecule has 1 N–H and O–H groups in total. The Bertz CT molecular complexity index is 485. The standard InChI is InChI=1S/C12H12Br2N2S/c1-15-10(5-8-3-2-4-16-7-8)9-6-11(13)17-12(9)14/h2-4,6-7,10,15H,5H2,1H3. The predicted molar refractivity (Wildman–Crippen MR) is 79.5 cm³/mol. The molecule has 0 aromatic carbocycles. The van der Waals surface area contributed by atoms with Gasteiger partial charge in [0, 0.05) is 18.4 Å². The van der Waals surface area contributed by atoms with Crippen LogP contribution < -0.4 is 5.32 Å². The Morgan fingerprint density at radius 1 is 1.47 bits per heavy atom. The molecule has 5 heteroatoms. The van der Waals surface area contributed by atoms with Crippen molar-refractivity contribution in [3.8, 4) is 0 Å². The van der Waals surface area contributed by atoms with E-state index < -0.39 is 0 Å². The Morgan fingerprint density at radius 2 is 2.29 bits per heavy atom. The lowest BCUT2D eigenvalue weighted by atomic mass is 10.0. The Kier molecular flexibility index (Phi) is 4.73. The Labute approximate surface area is 122 Å². The summed E-state index contributed by atoms with van der Waals surface area (Å²) in [6.07, 6.45) is 4.65. The van der Waals surface area contributed by atoms with Crippen molar-refractivity contribution < 1.29 is 0 Å². The lowest BCUT2D eigenvalue weighted by Crippen LogP contribution is -2.18. The van der Waals surface area contributed by atoms with Crippen molar-refractivity contribution >= 4 is 43.2 Å². The van der Waals surface area contributed by atoms with E-state index in [9.17, 15) is 0 Å². The van der Waals surface area contributed by atoms with Crippen LogP contribution in [-0.4, -0.2) is 12.0 Å². The molecule has 0 bridgehead atoms. The van der Waals surface area contributed by atoms with Gasteiger partial charge in [-0.2, -0.15) is 0 Å². The van der Waals surface area contributed by atoms with Crippen molar-refractivity contribution in [2.45, 2.75) is 12.5 Å². The molecule has 0 aliphatic rings. The summed E-state index contributed by atoms with van der Waals surface area (Å²) in [5, 5.41) is 3.35. The number of hydrogen-bond acceptors (Lipinski definition) is 3. The fourth-order valence-electron chi connectivity index (χ4n) is 1.71. The van der Waals surface area contributed by atoms with Crippen LogP contribution in [0.4, 0.5) is 0 Å². The molecule has 0 aliphatic carbocycles. The van der Waals surface area contributed by atoms with Crippen molar-refractivity contribution in [3.05, 3.63) is 49.3 Å². The number of nitrogens with one attached hydrogen (secondary N) is 1. The summed E-state index contributed by atoms with van der Waals surface area (Å²) in [5.41, 5.74) is 2.52. The average molecular weight is 376 g/mol. The highest BCUT2D eigenvalue weighted by Gasteiger charge is 2.16. The first kappa shape index (κ1) is 13.2. The van der Waals surface area contributed by atoms with Gasteiger partial charge in [-0.05, 0) is 68.6 Å². The third kappa shape index (κ3) is 3.37. The van der Waals surface area contributed by atoms with Crippen LogP contribution in [0.2, 0.25) is 0 Å². The average Bonchev–Trinajstić information content (AvgIpc) is 2.67. The van der Waals surface area contributed by atoms with Gasteiger partial charge in [-0.3, -0.25) is 4.98 Å². The minimum atomic E-state index is 0.302. The van der Waals surface area contributed by atoms with Gasteiger partial charge in [-0.15, -0.1) is 11.3 Å². The van der Waals surface area contributed by atoms with Gasteiger partial charge in [0.1, 0.15) is 0 Å². The maximum atomic E-state index is 4.15. The second kappa shape index (κ2) is 6.09. The zero-order chi connectivity index (χ0) is 12.3. The van der Waals surface area contributed by atoms with Crippen LogP contribution in [0.3, 0.4) is 0 Å². The van der Waals surface area contributed by atoms with Gasteiger partial charge in [0.2, 0.25) is 0 Å². The normalized spacial score (nSPS) is 12.6. The number of thiophene rings is 1. The molecule has 0 saturated heterocycles. The summed E-state index contributed by atoms with van der Waals surface area (Å²) in [5.74, 6) is 0. The van der Waals surface area contributed by atoms with Crippen molar-refractivity contribution in [1.29, 1.82) is 0 Å². The molecule has 0 spiro atoms. The Hall–Kier alpha value is -0.230. The summed E-state index contributed by atoms with van der Waals surface area (Å²) < 4.78 is 2.32. The Morgan fingerprint density at radius 3 is 2.82 bits per heavy atom. The van der Waals surface area contributed by atoms with Gasteiger partial charge in [-0.25, -0.2) is 0 Å². The largest absolute Gasteiger partial charge is 0.313 e. The lowest BCUT2D eigenvalue weighted by Gasteiger charge is -2.15. The molecule has 0 amide bonds. The number of hydrogen-bond donors (Lipinski definition) is 1. The smallest absolute Gasteiger partial charge is 0.0758 e. The van der Waals surface area contributed by atoms with Gasteiger partial charge in [-0.1, -0.05) is 6.07 Å². The zero-order valence-corrected chi connectivity index (χ0v) is 13.3. The van der Waals surface area contributed by atoms with E-state index in [-0.39, 0.29) is 0 Å². The molecule has 0 fully saturated rings. The topological polar surface area (TPSA) is 24.9 Å². The summed E-state index contributed by atoms with van der Waals surface area (Å²) in [6.45, 7) is 0. The number of aromatic nitrogens is 1. The molecule has 1 atom stereocenters. The van der Waals surface area contributed by atoms with Gasteiger partial charge in [0.15, 0.2) is 0 Å². The summed E-state index contributed by atoms with van der Waals surface area (Å²) >= 11 is 8.82. The number of pyridine rings is 1. The van der Waals surface area contributed by atoms with Crippen LogP contribution in [0.15, 0.2) is 38.2 Å². The second-order valence-corrected chi connectivity index (χ2v) is 7.44. The number of likely N-dealkylation sites (N-methyl/N-ethyl adjacent to an activating group) is 1. The molecular weight excluding hydrogens is 364 g/mol. The first-order chi connectivity index (χ1) is 8.20. The van der Waals surface area contributed by atoms with Crippen molar-refractivity contribution in [2.75, 3.05) is 7.05 Å². The molecular formula is C12H12Br2N2S. The molecule has 0 radical (unpaired) electrons. The van der Waals surface area contributed by atoms with E-state index in [1.807, 2.05) is 19.3 Å². The molecule has 2 nitrogen and oxygen atoms in total. The van der Waals surface area contributed by atoms with E-state index >= 15 is 0 Å². The van der Waals surface area contributed by atoms with Gasteiger partial charge in [0.25, 0.3) is 0 Å². The predicted octanol–water partition coefficient (Wildman–Crippen LogP) is 4.17. The van der Waals surface area contributed by atoms with Gasteiger partial charge in [0.05, 0.1) is 7.57 Å². The van der Waals surface area contributed by atoms with Crippen LogP contribution >= 0.6 is 43.2 Å².